The Bertz CT molecular complexity index is 1160. The molecule has 2 aromatic rings. The van der Waals surface area contributed by atoms with Gasteiger partial charge in [0.2, 0.25) is 5.91 Å². The summed E-state index contributed by atoms with van der Waals surface area (Å²) in [5.41, 5.74) is -0.125. The number of anilines is 1. The quantitative estimate of drug-likeness (QED) is 0.477. The van der Waals surface area contributed by atoms with Gasteiger partial charge in [-0.2, -0.15) is 10.5 Å². The van der Waals surface area contributed by atoms with Gasteiger partial charge in [0.05, 0.1) is 17.7 Å². The minimum Gasteiger partial charge on any atom is -0.358 e. The molecule has 0 spiro atoms. The van der Waals surface area contributed by atoms with Crippen LogP contribution in [0.3, 0.4) is 0 Å². The van der Waals surface area contributed by atoms with Crippen LogP contribution in [0, 0.1) is 22.7 Å². The van der Waals surface area contributed by atoms with E-state index in [1.165, 1.54) is 0 Å². The molecule has 5 nitrogen and oxygen atoms in total. The van der Waals surface area contributed by atoms with E-state index in [0.717, 1.165) is 23.4 Å². The first kappa shape index (κ1) is 25.1. The first-order valence-electron chi connectivity index (χ1n) is 12.3. The highest BCUT2D eigenvalue weighted by molar-refractivity contribution is 8.00. The van der Waals surface area contributed by atoms with Gasteiger partial charge in [0, 0.05) is 27.9 Å². The zero-order valence-electron chi connectivity index (χ0n) is 20.3. The highest BCUT2D eigenvalue weighted by Gasteiger charge is 2.48. The third-order valence-electron chi connectivity index (χ3n) is 6.94. The summed E-state index contributed by atoms with van der Waals surface area (Å²) in [5.74, 6) is -0.166. The number of nitriles is 2. The van der Waals surface area contributed by atoms with Crippen molar-refractivity contribution in [2.45, 2.75) is 79.8 Å². The number of nitrogens with zero attached hydrogens (tertiary/aromatic N) is 3. The zero-order chi connectivity index (χ0) is 25.1. The predicted molar refractivity (Wildman–Crippen MR) is 137 cm³/mol. The van der Waals surface area contributed by atoms with Crippen molar-refractivity contribution >= 4 is 23.4 Å². The van der Waals surface area contributed by atoms with Crippen LogP contribution in [-0.2, 0) is 10.5 Å². The van der Waals surface area contributed by atoms with Crippen LogP contribution in [0.15, 0.2) is 53.4 Å². The molecule has 0 bridgehead atoms. The Kier molecular flexibility index (Phi) is 7.38. The maximum atomic E-state index is 15.7. The maximum absolute atomic E-state index is 15.7. The van der Waals surface area contributed by atoms with Crippen LogP contribution >= 0.6 is 11.8 Å². The molecule has 1 aliphatic carbocycles. The number of alkyl halides is 1. The molecule has 1 saturated carbocycles. The van der Waals surface area contributed by atoms with Gasteiger partial charge in [0.25, 0.3) is 0 Å². The van der Waals surface area contributed by atoms with Gasteiger partial charge in [-0.05, 0) is 56.9 Å². The van der Waals surface area contributed by atoms with Gasteiger partial charge in [-0.1, -0.05) is 44.0 Å². The lowest BCUT2D eigenvalue weighted by atomic mass is 9.92. The average molecular weight is 491 g/mol. The summed E-state index contributed by atoms with van der Waals surface area (Å²) in [5, 5.41) is 21.8. The average Bonchev–Trinajstić information content (AvgIpc) is 3.51. The van der Waals surface area contributed by atoms with E-state index < -0.39 is 17.2 Å². The number of halogens is 1. The van der Waals surface area contributed by atoms with E-state index in [9.17, 15) is 15.3 Å². The van der Waals surface area contributed by atoms with Crippen molar-refractivity contribution in [1.29, 1.82) is 10.5 Å². The summed E-state index contributed by atoms with van der Waals surface area (Å²) in [6.45, 7) is 4.31. The number of hydrogen-bond acceptors (Lipinski definition) is 5. The Morgan fingerprint density at radius 3 is 2.71 bits per heavy atom. The standard InChI is InChI=1S/C28H31FN4OS/c1-3-4-12-27(2,29)23-10-5-6-11-25(23)35-22-16-24(26(34)32-28(19-31)13-14-28)33(18-22)21-9-7-8-20(15-21)17-30/h5-11,15,22,24H,3-4,12-14,16,18H2,1-2H3,(H,32,34). The number of carbonyl (C=O) groups excluding carboxylic acids is 1. The fourth-order valence-corrected chi connectivity index (χ4v) is 6.14. The lowest BCUT2D eigenvalue weighted by molar-refractivity contribution is -0.122. The molecule has 2 aromatic carbocycles. The highest BCUT2D eigenvalue weighted by atomic mass is 32.2. The number of nitrogens with one attached hydrogen (secondary N) is 1. The zero-order valence-corrected chi connectivity index (χ0v) is 21.1. The van der Waals surface area contributed by atoms with Crippen molar-refractivity contribution in [2.75, 3.05) is 11.4 Å². The lowest BCUT2D eigenvalue weighted by Crippen LogP contribution is -2.47. The number of rotatable bonds is 9. The van der Waals surface area contributed by atoms with Gasteiger partial charge >= 0.3 is 0 Å². The van der Waals surface area contributed by atoms with E-state index in [0.29, 0.717) is 43.4 Å². The molecule has 7 heteroatoms. The smallest absolute Gasteiger partial charge is 0.243 e. The number of benzene rings is 2. The molecule has 3 atom stereocenters. The summed E-state index contributed by atoms with van der Waals surface area (Å²) >= 11 is 1.62. The third kappa shape index (κ3) is 5.63. The second-order valence-corrected chi connectivity index (χ2v) is 11.1. The monoisotopic (exact) mass is 490 g/mol. The second-order valence-electron chi connectivity index (χ2n) is 9.79. The van der Waals surface area contributed by atoms with Gasteiger partial charge in [0.1, 0.15) is 17.2 Å². The Hall–Kier alpha value is -3.03. The van der Waals surface area contributed by atoms with E-state index in [1.54, 1.807) is 30.8 Å². The second kappa shape index (κ2) is 10.3. The van der Waals surface area contributed by atoms with Crippen LogP contribution in [0.4, 0.5) is 10.1 Å². The van der Waals surface area contributed by atoms with Crippen LogP contribution in [0.2, 0.25) is 0 Å². The van der Waals surface area contributed by atoms with Gasteiger partial charge < -0.3 is 10.2 Å². The number of amides is 1. The minimum atomic E-state index is -1.42. The molecule has 1 amide bonds. The van der Waals surface area contributed by atoms with Crippen LogP contribution in [-0.4, -0.2) is 29.3 Å². The molecule has 1 aliphatic heterocycles. The molecule has 0 radical (unpaired) electrons. The van der Waals surface area contributed by atoms with Crippen molar-refractivity contribution in [2.24, 2.45) is 0 Å². The van der Waals surface area contributed by atoms with E-state index in [2.05, 4.69) is 24.4 Å². The third-order valence-corrected chi connectivity index (χ3v) is 8.23. The van der Waals surface area contributed by atoms with E-state index in [4.69, 9.17) is 0 Å². The molecule has 2 aliphatic rings. The molecule has 0 aromatic heterocycles. The number of hydrogen-bond donors (Lipinski definition) is 1. The predicted octanol–water partition coefficient (Wildman–Crippen LogP) is 5.85. The van der Waals surface area contributed by atoms with Crippen LogP contribution in [0.25, 0.3) is 0 Å². The number of thioether (sulfide) groups is 1. The van der Waals surface area contributed by atoms with E-state index >= 15 is 4.39 Å². The summed E-state index contributed by atoms with van der Waals surface area (Å²) < 4.78 is 15.7. The van der Waals surface area contributed by atoms with Crippen LogP contribution < -0.4 is 10.2 Å². The summed E-state index contributed by atoms with van der Waals surface area (Å²) in [6, 6.07) is 18.8. The highest BCUT2D eigenvalue weighted by Crippen LogP contribution is 2.43. The Labute approximate surface area is 211 Å². The molecule has 2 fully saturated rings. The van der Waals surface area contributed by atoms with Crippen molar-refractivity contribution in [3.05, 3.63) is 59.7 Å². The first-order chi connectivity index (χ1) is 16.8. The molecule has 1 N–H and O–H groups in total. The molecular formula is C28H31FN4OS. The first-order valence-corrected chi connectivity index (χ1v) is 13.1. The Morgan fingerprint density at radius 2 is 2.03 bits per heavy atom. The summed E-state index contributed by atoms with van der Waals surface area (Å²) in [6.07, 6.45) is 4.15. The largest absolute Gasteiger partial charge is 0.358 e. The Balaban J connectivity index is 1.59. The number of carbonyl (C=O) groups is 1. The van der Waals surface area contributed by atoms with Crippen LogP contribution in [0.1, 0.15) is 63.5 Å². The van der Waals surface area contributed by atoms with Gasteiger partial charge in [0.15, 0.2) is 0 Å². The minimum absolute atomic E-state index is 0.0526. The molecule has 1 saturated heterocycles. The topological polar surface area (TPSA) is 79.9 Å². The SMILES string of the molecule is CCCCC(C)(F)c1ccccc1SC1CC(C(=O)NC2(C#N)CC2)N(c2cccc(C#N)c2)C1. The van der Waals surface area contributed by atoms with Crippen molar-refractivity contribution in [1.82, 2.24) is 5.32 Å². The van der Waals surface area contributed by atoms with Gasteiger partial charge in [-0.15, -0.1) is 11.8 Å². The summed E-state index contributed by atoms with van der Waals surface area (Å²) in [4.78, 5) is 16.2. The lowest BCUT2D eigenvalue weighted by Gasteiger charge is -2.27. The summed E-state index contributed by atoms with van der Waals surface area (Å²) in [7, 11) is 0. The Morgan fingerprint density at radius 1 is 1.26 bits per heavy atom. The molecule has 1 heterocycles. The molecule has 4 rings (SSSR count). The number of unbranched alkanes of at least 4 members (excludes halogenated alkanes) is 1. The maximum Gasteiger partial charge on any atom is 0.243 e. The van der Waals surface area contributed by atoms with E-state index in [-0.39, 0.29) is 11.2 Å². The molecular weight excluding hydrogens is 459 g/mol. The van der Waals surface area contributed by atoms with Gasteiger partial charge in [-0.3, -0.25) is 4.79 Å². The van der Waals surface area contributed by atoms with Crippen LogP contribution in [0.5, 0.6) is 0 Å². The van der Waals surface area contributed by atoms with Crippen molar-refractivity contribution < 1.29 is 9.18 Å². The van der Waals surface area contributed by atoms with Gasteiger partial charge in [-0.25, -0.2) is 4.39 Å². The van der Waals surface area contributed by atoms with Crippen molar-refractivity contribution in [3.8, 4) is 12.1 Å². The molecule has 3 unspecified atom stereocenters. The fourth-order valence-electron chi connectivity index (χ4n) is 4.70. The molecule has 35 heavy (non-hydrogen) atoms. The fraction of sp³-hybridized carbons (Fsp3) is 0.464. The van der Waals surface area contributed by atoms with E-state index in [1.807, 2.05) is 41.3 Å². The molecule has 182 valence electrons. The normalized spacial score (nSPS) is 22.0. The van der Waals surface area contributed by atoms with Crippen molar-refractivity contribution in [3.63, 3.8) is 0 Å².